The second-order valence-electron chi connectivity index (χ2n) is 5.29. The number of amides is 3. The average Bonchev–Trinajstić information content (AvgIpc) is 3.24. The van der Waals surface area contributed by atoms with Crippen molar-refractivity contribution in [1.29, 1.82) is 0 Å². The summed E-state index contributed by atoms with van der Waals surface area (Å²) >= 11 is 7.76. The van der Waals surface area contributed by atoms with Gasteiger partial charge in [-0.1, -0.05) is 30.0 Å². The van der Waals surface area contributed by atoms with Crippen LogP contribution in [0.2, 0.25) is 0 Å². The maximum absolute atomic E-state index is 12.9. The van der Waals surface area contributed by atoms with Crippen LogP contribution < -0.4 is 10.9 Å². The molecule has 2 heterocycles. The van der Waals surface area contributed by atoms with Crippen LogP contribution in [-0.4, -0.2) is 33.5 Å². The van der Waals surface area contributed by atoms with Crippen LogP contribution in [0.1, 0.15) is 15.2 Å². The van der Waals surface area contributed by atoms with Gasteiger partial charge in [0.05, 0.1) is 4.91 Å². The molecular weight excluding hydrogens is 409 g/mol. The second-order valence-corrected chi connectivity index (χ2v) is 7.95. The highest BCUT2D eigenvalue weighted by Crippen LogP contribution is 2.32. The molecule has 3 rings (SSSR count). The highest BCUT2D eigenvalue weighted by molar-refractivity contribution is 8.26. The summed E-state index contributed by atoms with van der Waals surface area (Å²) < 4.78 is 13.1. The number of thiophene rings is 1. The van der Waals surface area contributed by atoms with Gasteiger partial charge in [0.25, 0.3) is 17.7 Å². The van der Waals surface area contributed by atoms with Gasteiger partial charge in [-0.05, 0) is 41.8 Å². The Balaban J connectivity index is 1.56. The molecule has 1 aliphatic heterocycles. The Morgan fingerprint density at radius 2 is 1.93 bits per heavy atom. The maximum atomic E-state index is 12.9. The van der Waals surface area contributed by atoms with E-state index in [4.69, 9.17) is 12.2 Å². The largest absolute Gasteiger partial charge is 0.283 e. The van der Waals surface area contributed by atoms with Crippen molar-refractivity contribution >= 4 is 63.4 Å². The number of carbonyl (C=O) groups is 3. The topological polar surface area (TPSA) is 78.5 Å². The highest BCUT2D eigenvalue weighted by Gasteiger charge is 2.33. The van der Waals surface area contributed by atoms with Crippen LogP contribution in [-0.2, 0) is 9.59 Å². The van der Waals surface area contributed by atoms with E-state index in [-0.39, 0.29) is 22.3 Å². The summed E-state index contributed by atoms with van der Waals surface area (Å²) in [6, 6.07) is 8.58. The highest BCUT2D eigenvalue weighted by atomic mass is 32.2. The van der Waals surface area contributed by atoms with E-state index in [1.807, 2.05) is 17.5 Å². The number of thioether (sulfide) groups is 1. The van der Waals surface area contributed by atoms with Gasteiger partial charge in [-0.25, -0.2) is 4.39 Å². The van der Waals surface area contributed by atoms with Gasteiger partial charge in [-0.15, -0.1) is 11.3 Å². The van der Waals surface area contributed by atoms with E-state index < -0.39 is 17.6 Å². The Hall–Kier alpha value is -2.56. The lowest BCUT2D eigenvalue weighted by Gasteiger charge is -2.14. The lowest BCUT2D eigenvalue weighted by atomic mass is 10.2. The fourth-order valence-corrected chi connectivity index (χ4v) is 4.10. The normalized spacial score (nSPS) is 15.3. The van der Waals surface area contributed by atoms with Crippen LogP contribution in [0.15, 0.2) is 46.7 Å². The van der Waals surface area contributed by atoms with Crippen LogP contribution in [0.25, 0.3) is 6.08 Å². The Bertz CT molecular complexity index is 927. The van der Waals surface area contributed by atoms with Crippen LogP contribution in [0, 0.1) is 5.82 Å². The lowest BCUT2D eigenvalue weighted by Crippen LogP contribution is -2.47. The van der Waals surface area contributed by atoms with Gasteiger partial charge >= 0.3 is 0 Å². The first-order valence-corrected chi connectivity index (χ1v) is 9.68. The maximum Gasteiger partial charge on any atom is 0.269 e. The molecule has 0 unspecified atom stereocenters. The van der Waals surface area contributed by atoms with Gasteiger partial charge in [0.15, 0.2) is 0 Å². The number of hydrogen-bond donors (Lipinski definition) is 2. The summed E-state index contributed by atoms with van der Waals surface area (Å²) in [7, 11) is 0. The van der Waals surface area contributed by atoms with Crippen molar-refractivity contribution in [2.24, 2.45) is 0 Å². The molecule has 0 atom stereocenters. The standard InChI is InChI=1S/C17H12FN3O3S3/c18-11-5-3-10(4-6-11)15(23)20-19-14(22)9-21-16(24)13(27-17(21)25)8-12-2-1-7-26-12/h1-8H,9H2,(H,19,22)(H,20,23)/b13-8+. The third-order valence-corrected chi connectivity index (χ3v) is 5.61. The number of benzene rings is 1. The molecule has 1 saturated heterocycles. The quantitative estimate of drug-likeness (QED) is 0.451. The SMILES string of the molecule is O=C(CN1C(=O)/C(=C\c2cccs2)SC1=S)NNC(=O)c1ccc(F)cc1. The van der Waals surface area contributed by atoms with Crippen LogP contribution in [0.3, 0.4) is 0 Å². The summed E-state index contributed by atoms with van der Waals surface area (Å²) in [5.74, 6) is -2.05. The molecule has 0 saturated carbocycles. The van der Waals surface area contributed by atoms with Crippen molar-refractivity contribution < 1.29 is 18.8 Å². The molecule has 1 aromatic carbocycles. The van der Waals surface area contributed by atoms with Gasteiger partial charge < -0.3 is 0 Å². The van der Waals surface area contributed by atoms with Crippen molar-refractivity contribution in [2.75, 3.05) is 6.54 Å². The Labute approximate surface area is 167 Å². The fourth-order valence-electron chi connectivity index (χ4n) is 2.12. The van der Waals surface area contributed by atoms with Gasteiger partial charge in [-0.3, -0.25) is 30.1 Å². The van der Waals surface area contributed by atoms with Gasteiger partial charge in [0.2, 0.25) is 0 Å². The number of hydrogen-bond acceptors (Lipinski definition) is 6. The van der Waals surface area contributed by atoms with Crippen molar-refractivity contribution in [3.8, 4) is 0 Å². The molecule has 10 heteroatoms. The Morgan fingerprint density at radius 3 is 2.59 bits per heavy atom. The predicted molar refractivity (Wildman–Crippen MR) is 106 cm³/mol. The molecule has 1 aliphatic rings. The third-order valence-electron chi connectivity index (χ3n) is 3.41. The molecule has 0 bridgehead atoms. The Morgan fingerprint density at radius 1 is 1.19 bits per heavy atom. The monoisotopic (exact) mass is 421 g/mol. The number of hydrazine groups is 1. The minimum atomic E-state index is -0.612. The molecule has 1 fully saturated rings. The molecular formula is C17H12FN3O3S3. The summed E-state index contributed by atoms with van der Waals surface area (Å²) in [6.45, 7) is -0.323. The van der Waals surface area contributed by atoms with E-state index in [0.717, 1.165) is 28.8 Å². The first-order chi connectivity index (χ1) is 12.9. The molecule has 138 valence electrons. The molecule has 0 spiro atoms. The second kappa shape index (κ2) is 8.42. The molecule has 1 aromatic heterocycles. The minimum absolute atomic E-state index is 0.182. The number of halogens is 1. The zero-order valence-corrected chi connectivity index (χ0v) is 16.1. The van der Waals surface area contributed by atoms with Crippen molar-refractivity contribution in [1.82, 2.24) is 15.8 Å². The zero-order chi connectivity index (χ0) is 19.4. The van der Waals surface area contributed by atoms with Gasteiger partial charge in [0.1, 0.15) is 16.7 Å². The van der Waals surface area contributed by atoms with Crippen molar-refractivity contribution in [3.63, 3.8) is 0 Å². The van der Waals surface area contributed by atoms with Crippen molar-refractivity contribution in [2.45, 2.75) is 0 Å². The lowest BCUT2D eigenvalue weighted by molar-refractivity contribution is -0.129. The van der Waals surface area contributed by atoms with Crippen molar-refractivity contribution in [3.05, 3.63) is 62.9 Å². The van der Waals surface area contributed by atoms with Crippen LogP contribution >= 0.6 is 35.3 Å². The number of nitrogens with zero attached hydrogens (tertiary/aromatic N) is 1. The van der Waals surface area contributed by atoms with Crippen LogP contribution in [0.5, 0.6) is 0 Å². The molecule has 2 N–H and O–H groups in total. The number of thiocarbonyl (C=S) groups is 1. The molecule has 0 radical (unpaired) electrons. The molecule has 27 heavy (non-hydrogen) atoms. The predicted octanol–water partition coefficient (Wildman–Crippen LogP) is 2.55. The van der Waals surface area contributed by atoms with Crippen LogP contribution in [0.4, 0.5) is 4.39 Å². The summed E-state index contributed by atoms with van der Waals surface area (Å²) in [5.41, 5.74) is 4.60. The number of rotatable bonds is 4. The molecule has 3 amide bonds. The minimum Gasteiger partial charge on any atom is -0.283 e. The van der Waals surface area contributed by atoms with E-state index in [2.05, 4.69) is 10.9 Å². The number of nitrogens with one attached hydrogen (secondary N) is 2. The average molecular weight is 422 g/mol. The summed E-state index contributed by atoms with van der Waals surface area (Å²) in [4.78, 5) is 38.9. The van der Waals surface area contributed by atoms with Gasteiger partial charge in [0, 0.05) is 10.4 Å². The van der Waals surface area contributed by atoms with E-state index in [0.29, 0.717) is 4.91 Å². The van der Waals surface area contributed by atoms with E-state index in [1.54, 1.807) is 6.08 Å². The van der Waals surface area contributed by atoms with E-state index in [1.165, 1.54) is 28.4 Å². The smallest absolute Gasteiger partial charge is 0.269 e. The molecule has 2 aromatic rings. The molecule has 6 nitrogen and oxygen atoms in total. The first kappa shape index (κ1) is 19.2. The third kappa shape index (κ3) is 4.79. The first-order valence-electron chi connectivity index (χ1n) is 7.57. The zero-order valence-electron chi connectivity index (χ0n) is 13.6. The summed E-state index contributed by atoms with van der Waals surface area (Å²) in [6.07, 6.45) is 1.72. The van der Waals surface area contributed by atoms with E-state index in [9.17, 15) is 18.8 Å². The molecule has 0 aliphatic carbocycles. The Kier molecular flexibility index (Phi) is 5.99. The number of carbonyl (C=O) groups excluding carboxylic acids is 3. The summed E-state index contributed by atoms with van der Waals surface area (Å²) in [5, 5.41) is 1.89. The van der Waals surface area contributed by atoms with E-state index >= 15 is 0 Å². The van der Waals surface area contributed by atoms with Gasteiger partial charge in [-0.2, -0.15) is 0 Å². The fraction of sp³-hybridized carbons (Fsp3) is 0.0588.